The lowest BCUT2D eigenvalue weighted by atomic mass is 9.62. The van der Waals surface area contributed by atoms with Crippen molar-refractivity contribution in [2.24, 2.45) is 17.8 Å². The Kier molecular flexibility index (Phi) is 9.80. The van der Waals surface area contributed by atoms with Crippen LogP contribution >= 0.6 is 11.6 Å². The second kappa shape index (κ2) is 13.8. The van der Waals surface area contributed by atoms with Crippen molar-refractivity contribution in [2.45, 2.75) is 87.9 Å². The molecule has 1 saturated carbocycles. The SMILES string of the molecule is C=S1(=O)NC(=O)c2ccc3c(c2)N(C[C@@H]2CC[C@H]2[C@@](CC(=O)N2CCCC2)(OC)/C=C/C[C@H](C)[C@H]1C)C[C@@]1(CCCc2cc(Cl)ccc21)CO3. The number of hydrogen-bond donors (Lipinski definition) is 1. The molecule has 2 fully saturated rings. The first kappa shape index (κ1) is 35.4. The molecule has 2 amide bonds. The number of hydrogen-bond acceptors (Lipinski definition) is 6. The Morgan fingerprint density at radius 2 is 1.94 bits per heavy atom. The predicted octanol–water partition coefficient (Wildman–Crippen LogP) is 6.58. The van der Waals surface area contributed by atoms with E-state index >= 15 is 0 Å². The fourth-order valence-electron chi connectivity index (χ4n) is 9.25. The third kappa shape index (κ3) is 6.58. The Morgan fingerprint density at radius 1 is 1.14 bits per heavy atom. The number of allylic oxidation sites excluding steroid dienone is 1. The number of benzene rings is 2. The van der Waals surface area contributed by atoms with E-state index in [0.29, 0.717) is 31.6 Å². The number of nitrogens with one attached hydrogen (secondary N) is 1. The monoisotopic (exact) mass is 721 g/mol. The molecular weight excluding hydrogens is 670 g/mol. The number of nitrogens with zero attached hydrogens (tertiary/aromatic N) is 2. The predicted molar refractivity (Wildman–Crippen MR) is 202 cm³/mol. The van der Waals surface area contributed by atoms with E-state index in [1.54, 1.807) is 13.2 Å². The molecule has 1 saturated heterocycles. The van der Waals surface area contributed by atoms with Crippen molar-refractivity contribution in [2.75, 3.05) is 44.8 Å². The first-order valence-corrected chi connectivity index (χ1v) is 20.6. The highest BCUT2D eigenvalue weighted by atomic mass is 35.5. The summed E-state index contributed by atoms with van der Waals surface area (Å²) in [6.07, 6.45) is 12.2. The minimum atomic E-state index is -2.99. The minimum absolute atomic E-state index is 0.0362. The van der Waals surface area contributed by atoms with Crippen LogP contribution in [0.25, 0.3) is 0 Å². The van der Waals surface area contributed by atoms with Crippen molar-refractivity contribution < 1.29 is 23.3 Å². The van der Waals surface area contributed by atoms with Gasteiger partial charge in [0.1, 0.15) is 5.75 Å². The van der Waals surface area contributed by atoms with Gasteiger partial charge in [-0.25, -0.2) is 4.21 Å². The summed E-state index contributed by atoms with van der Waals surface area (Å²) >= 11 is 6.48. The maximum atomic E-state index is 14.0. The topological polar surface area (TPSA) is 88.2 Å². The number of carbonyl (C=O) groups is 2. The van der Waals surface area contributed by atoms with Gasteiger partial charge in [0.05, 0.1) is 34.0 Å². The summed E-state index contributed by atoms with van der Waals surface area (Å²) in [5, 5.41) is 0.360. The van der Waals surface area contributed by atoms with Crippen LogP contribution in [0.3, 0.4) is 0 Å². The number of amides is 2. The summed E-state index contributed by atoms with van der Waals surface area (Å²) in [6.45, 7) is 7.49. The van der Waals surface area contributed by atoms with Crippen LogP contribution in [0.15, 0.2) is 48.6 Å². The number of methoxy groups -OCH3 is 1. The number of rotatable bonds is 3. The molecule has 1 spiro atoms. The summed E-state index contributed by atoms with van der Waals surface area (Å²) in [5.41, 5.74) is 2.81. The van der Waals surface area contributed by atoms with Gasteiger partial charge in [0, 0.05) is 54.5 Å². The van der Waals surface area contributed by atoms with Crippen molar-refractivity contribution in [1.29, 1.82) is 0 Å². The van der Waals surface area contributed by atoms with E-state index < -0.39 is 21.2 Å². The van der Waals surface area contributed by atoms with Crippen molar-refractivity contribution in [1.82, 2.24) is 9.62 Å². The van der Waals surface area contributed by atoms with E-state index in [-0.39, 0.29) is 34.3 Å². The van der Waals surface area contributed by atoms with Crippen molar-refractivity contribution >= 4 is 44.7 Å². The van der Waals surface area contributed by atoms with E-state index in [4.69, 9.17) is 21.1 Å². The van der Waals surface area contributed by atoms with Crippen LogP contribution in [0.2, 0.25) is 5.02 Å². The normalized spacial score (nSPS) is 34.8. The molecule has 7 rings (SSSR count). The molecule has 270 valence electrons. The Hall–Kier alpha value is -3.01. The van der Waals surface area contributed by atoms with Crippen LogP contribution < -0.4 is 14.4 Å². The molecular formula is C40H52ClN3O5S. The zero-order valence-corrected chi connectivity index (χ0v) is 31.3. The maximum absolute atomic E-state index is 14.0. The number of ether oxygens (including phenoxy) is 2. The molecule has 7 atom stereocenters. The molecule has 0 aromatic heterocycles. The quantitative estimate of drug-likeness (QED) is 0.285. The van der Waals surface area contributed by atoms with E-state index in [1.165, 1.54) is 11.1 Å². The molecule has 1 N–H and O–H groups in total. The molecule has 3 heterocycles. The lowest BCUT2D eigenvalue weighted by Crippen LogP contribution is -2.54. The molecule has 1 unspecified atom stereocenters. The Labute approximate surface area is 303 Å². The van der Waals surface area contributed by atoms with Crippen LogP contribution in [0.1, 0.15) is 86.7 Å². The number of carbonyl (C=O) groups excluding carboxylic acids is 2. The van der Waals surface area contributed by atoms with Gasteiger partial charge < -0.3 is 19.3 Å². The third-order valence-electron chi connectivity index (χ3n) is 12.6. The average Bonchev–Trinajstić information content (AvgIpc) is 3.58. The third-order valence-corrected chi connectivity index (χ3v) is 15.1. The Balaban J connectivity index is 1.32. The van der Waals surface area contributed by atoms with E-state index in [9.17, 15) is 13.8 Å². The highest BCUT2D eigenvalue weighted by molar-refractivity contribution is 7.99. The van der Waals surface area contributed by atoms with Crippen molar-refractivity contribution in [3.63, 3.8) is 0 Å². The molecule has 50 heavy (non-hydrogen) atoms. The van der Waals surface area contributed by atoms with Gasteiger partial charge in [0.15, 0.2) is 0 Å². The first-order chi connectivity index (χ1) is 23.9. The van der Waals surface area contributed by atoms with Gasteiger partial charge in [-0.1, -0.05) is 36.7 Å². The van der Waals surface area contributed by atoms with Gasteiger partial charge in [-0.3, -0.25) is 14.3 Å². The van der Waals surface area contributed by atoms with Gasteiger partial charge in [-0.05, 0) is 123 Å². The van der Waals surface area contributed by atoms with Gasteiger partial charge in [-0.15, -0.1) is 0 Å². The highest BCUT2D eigenvalue weighted by Crippen LogP contribution is 2.50. The van der Waals surface area contributed by atoms with Crippen LogP contribution in [0, 0.1) is 17.8 Å². The number of fused-ring (bicyclic) bond motifs is 4. The summed E-state index contributed by atoms with van der Waals surface area (Å²) in [5.74, 6) is 4.85. The zero-order chi connectivity index (χ0) is 35.3. The van der Waals surface area contributed by atoms with E-state index in [2.05, 4.69) is 39.8 Å². The maximum Gasteiger partial charge on any atom is 0.262 e. The fourth-order valence-corrected chi connectivity index (χ4v) is 10.9. The number of aryl methyl sites for hydroxylation is 1. The van der Waals surface area contributed by atoms with Gasteiger partial charge in [-0.2, -0.15) is 0 Å². The fraction of sp³-hybridized carbons (Fsp3) is 0.575. The Bertz CT molecular complexity index is 1770. The van der Waals surface area contributed by atoms with Gasteiger partial charge in [0.25, 0.3) is 5.91 Å². The molecule has 10 heteroatoms. The van der Waals surface area contributed by atoms with Crippen LogP contribution in [-0.2, 0) is 31.1 Å². The van der Waals surface area contributed by atoms with Crippen LogP contribution in [-0.4, -0.2) is 77.5 Å². The Morgan fingerprint density at radius 3 is 2.68 bits per heavy atom. The lowest BCUT2D eigenvalue weighted by molar-refractivity contribution is -0.141. The first-order valence-electron chi connectivity index (χ1n) is 18.4. The van der Waals surface area contributed by atoms with Gasteiger partial charge in [0.2, 0.25) is 5.91 Å². The van der Waals surface area contributed by atoms with Crippen molar-refractivity contribution in [3.8, 4) is 5.75 Å². The summed E-state index contributed by atoms with van der Waals surface area (Å²) in [6, 6.07) is 11.8. The molecule has 8 nitrogen and oxygen atoms in total. The number of halogens is 1. The lowest BCUT2D eigenvalue weighted by Gasteiger charge is -2.50. The molecule has 2 aliphatic carbocycles. The highest BCUT2D eigenvalue weighted by Gasteiger charge is 2.50. The smallest absolute Gasteiger partial charge is 0.262 e. The second-order valence-corrected chi connectivity index (χ2v) is 18.5. The number of likely N-dealkylation sites (tertiary alicyclic amines) is 1. The average molecular weight is 722 g/mol. The largest absolute Gasteiger partial charge is 0.490 e. The van der Waals surface area contributed by atoms with Crippen LogP contribution in [0.5, 0.6) is 5.75 Å². The molecule has 0 radical (unpaired) electrons. The number of anilines is 1. The van der Waals surface area contributed by atoms with E-state index in [0.717, 1.165) is 81.0 Å². The summed E-state index contributed by atoms with van der Waals surface area (Å²) < 4.78 is 29.9. The second-order valence-electron chi connectivity index (χ2n) is 15.6. The molecule has 5 aliphatic rings. The minimum Gasteiger partial charge on any atom is -0.490 e. The zero-order valence-electron chi connectivity index (χ0n) is 29.8. The summed E-state index contributed by atoms with van der Waals surface area (Å²) in [4.78, 5) is 32.0. The van der Waals surface area contributed by atoms with Crippen LogP contribution in [0.4, 0.5) is 5.69 Å². The van der Waals surface area contributed by atoms with Gasteiger partial charge >= 0.3 is 0 Å². The molecule has 2 aromatic carbocycles. The van der Waals surface area contributed by atoms with Crippen molar-refractivity contribution in [3.05, 3.63) is 70.3 Å². The molecule has 2 bridgehead atoms. The standard InChI is InChI=1S/C40H52ClN3O5S/c1-27-9-7-18-40(48-3,23-37(45)43-19-5-6-20-43)34-14-11-31(34)24-44-25-39(17-8-10-29-21-32(41)13-15-33(29)39)26-49-36-16-12-30(22-35(36)44)38(46)42-50(4,47)28(27)2/h7,12-13,15-16,18,21-22,27-28,31,34H,4-6,8-11,14,17,19-20,23-26H2,1-3H3,(H,42,46,47)/b18-7+/t27-,28+,31-,34+,39-,40+,50?/m0/s1. The molecule has 3 aliphatic heterocycles. The summed E-state index contributed by atoms with van der Waals surface area (Å²) in [7, 11) is -1.24. The molecule has 2 aromatic rings. The van der Waals surface area contributed by atoms with E-state index in [1.807, 2.05) is 36.9 Å².